The van der Waals surface area contributed by atoms with Crippen LogP contribution in [-0.4, -0.2) is 22.7 Å². The SMILES string of the molecule is CCONC(=O)c1ccc(Sc2ccccc2Cl)nn1. The van der Waals surface area contributed by atoms with Crippen LogP contribution in [0.4, 0.5) is 0 Å². The number of nitrogens with one attached hydrogen (secondary N) is 1. The monoisotopic (exact) mass is 309 g/mol. The molecule has 2 aromatic rings. The quantitative estimate of drug-likeness (QED) is 0.860. The highest BCUT2D eigenvalue weighted by molar-refractivity contribution is 7.99. The summed E-state index contributed by atoms with van der Waals surface area (Å²) >= 11 is 7.45. The van der Waals surface area contributed by atoms with Crippen LogP contribution in [0.15, 0.2) is 46.3 Å². The molecular formula is C13H12ClN3O2S. The second kappa shape index (κ2) is 7.23. The Hall–Kier alpha value is -1.63. The van der Waals surface area contributed by atoms with Gasteiger partial charge in [0.15, 0.2) is 5.69 Å². The first-order chi connectivity index (χ1) is 9.70. The first kappa shape index (κ1) is 14.8. The van der Waals surface area contributed by atoms with E-state index in [4.69, 9.17) is 16.4 Å². The summed E-state index contributed by atoms with van der Waals surface area (Å²) in [6.45, 7) is 2.16. The molecule has 0 radical (unpaired) electrons. The van der Waals surface area contributed by atoms with Gasteiger partial charge in [-0.2, -0.15) is 0 Å². The molecule has 0 saturated carbocycles. The van der Waals surface area contributed by atoms with Crippen LogP contribution in [0.1, 0.15) is 17.4 Å². The van der Waals surface area contributed by atoms with Crippen LogP contribution in [0.3, 0.4) is 0 Å². The molecule has 0 aliphatic heterocycles. The van der Waals surface area contributed by atoms with Crippen molar-refractivity contribution in [1.82, 2.24) is 15.7 Å². The largest absolute Gasteiger partial charge is 0.295 e. The normalized spacial score (nSPS) is 10.3. The summed E-state index contributed by atoms with van der Waals surface area (Å²) in [5, 5.41) is 9.14. The molecule has 1 aromatic heterocycles. The van der Waals surface area contributed by atoms with E-state index in [-0.39, 0.29) is 5.69 Å². The fourth-order valence-electron chi connectivity index (χ4n) is 1.33. The number of carbonyl (C=O) groups excluding carboxylic acids is 1. The van der Waals surface area contributed by atoms with Crippen molar-refractivity contribution in [2.45, 2.75) is 16.8 Å². The van der Waals surface area contributed by atoms with Gasteiger partial charge >= 0.3 is 0 Å². The van der Waals surface area contributed by atoms with Crippen LogP contribution in [0.5, 0.6) is 0 Å². The van der Waals surface area contributed by atoms with E-state index in [9.17, 15) is 4.79 Å². The molecule has 0 atom stereocenters. The van der Waals surface area contributed by atoms with E-state index < -0.39 is 5.91 Å². The van der Waals surface area contributed by atoms with E-state index in [0.29, 0.717) is 16.7 Å². The molecule has 0 spiro atoms. The fraction of sp³-hybridized carbons (Fsp3) is 0.154. The minimum atomic E-state index is -0.423. The van der Waals surface area contributed by atoms with Gasteiger partial charge in [0.1, 0.15) is 5.03 Å². The van der Waals surface area contributed by atoms with Crippen LogP contribution < -0.4 is 5.48 Å². The van der Waals surface area contributed by atoms with E-state index in [1.165, 1.54) is 11.8 Å². The summed E-state index contributed by atoms with van der Waals surface area (Å²) < 4.78 is 0. The highest BCUT2D eigenvalue weighted by Crippen LogP contribution is 2.31. The summed E-state index contributed by atoms with van der Waals surface area (Å²) in [4.78, 5) is 17.2. The molecule has 2 rings (SSSR count). The lowest BCUT2D eigenvalue weighted by atomic mass is 10.4. The molecule has 20 heavy (non-hydrogen) atoms. The Morgan fingerprint density at radius 2 is 2.10 bits per heavy atom. The molecule has 1 aromatic carbocycles. The fourth-order valence-corrected chi connectivity index (χ4v) is 2.33. The average molecular weight is 310 g/mol. The third-order valence-corrected chi connectivity index (χ3v) is 3.68. The van der Waals surface area contributed by atoms with Crippen molar-refractivity contribution in [1.29, 1.82) is 0 Å². The van der Waals surface area contributed by atoms with Gasteiger partial charge in [0.2, 0.25) is 0 Å². The maximum Gasteiger partial charge on any atom is 0.295 e. The molecule has 1 heterocycles. The van der Waals surface area contributed by atoms with Gasteiger partial charge in [-0.15, -0.1) is 10.2 Å². The Kier molecular flexibility index (Phi) is 5.34. The number of nitrogens with zero attached hydrogens (tertiary/aromatic N) is 2. The van der Waals surface area contributed by atoms with Crippen LogP contribution in [0.25, 0.3) is 0 Å². The zero-order chi connectivity index (χ0) is 14.4. The average Bonchev–Trinajstić information content (AvgIpc) is 2.48. The van der Waals surface area contributed by atoms with Gasteiger partial charge in [-0.1, -0.05) is 35.5 Å². The van der Waals surface area contributed by atoms with E-state index in [2.05, 4.69) is 15.7 Å². The topological polar surface area (TPSA) is 64.1 Å². The summed E-state index contributed by atoms with van der Waals surface area (Å²) in [5.41, 5.74) is 2.45. The third-order valence-electron chi connectivity index (χ3n) is 2.23. The molecule has 1 amide bonds. The van der Waals surface area contributed by atoms with Crippen molar-refractivity contribution in [3.63, 3.8) is 0 Å². The molecule has 104 valence electrons. The lowest BCUT2D eigenvalue weighted by Gasteiger charge is -2.04. The Labute approximate surface area is 125 Å². The molecule has 5 nitrogen and oxygen atoms in total. The number of hydrogen-bond acceptors (Lipinski definition) is 5. The Bertz CT molecular complexity index is 592. The van der Waals surface area contributed by atoms with E-state index in [0.717, 1.165) is 4.90 Å². The first-order valence-electron chi connectivity index (χ1n) is 5.89. The number of carbonyl (C=O) groups is 1. The molecule has 0 unspecified atom stereocenters. The third kappa shape index (κ3) is 3.93. The summed E-state index contributed by atoms with van der Waals surface area (Å²) in [6, 6.07) is 10.7. The molecule has 0 saturated heterocycles. The van der Waals surface area contributed by atoms with Crippen LogP contribution in [-0.2, 0) is 4.84 Å². The first-order valence-corrected chi connectivity index (χ1v) is 7.08. The molecular weight excluding hydrogens is 298 g/mol. The van der Waals surface area contributed by atoms with Crippen molar-refractivity contribution < 1.29 is 9.63 Å². The molecule has 0 fully saturated rings. The minimum Gasteiger partial charge on any atom is -0.274 e. The number of aromatic nitrogens is 2. The van der Waals surface area contributed by atoms with Crippen molar-refractivity contribution in [2.24, 2.45) is 0 Å². The van der Waals surface area contributed by atoms with Crippen molar-refractivity contribution >= 4 is 29.3 Å². The summed E-state index contributed by atoms with van der Waals surface area (Å²) in [5.74, 6) is -0.423. The number of hydroxylamine groups is 1. The Balaban J connectivity index is 2.05. The van der Waals surface area contributed by atoms with Crippen LogP contribution in [0, 0.1) is 0 Å². The smallest absolute Gasteiger partial charge is 0.274 e. The van der Waals surface area contributed by atoms with Gasteiger partial charge in [-0.3, -0.25) is 9.63 Å². The number of hydrogen-bond donors (Lipinski definition) is 1. The summed E-state index contributed by atoms with van der Waals surface area (Å²) in [6.07, 6.45) is 0. The number of rotatable bonds is 5. The maximum atomic E-state index is 11.6. The van der Waals surface area contributed by atoms with Crippen molar-refractivity contribution in [3.8, 4) is 0 Å². The second-order valence-electron chi connectivity index (χ2n) is 3.65. The van der Waals surface area contributed by atoms with E-state index in [1.807, 2.05) is 18.2 Å². The van der Waals surface area contributed by atoms with E-state index in [1.54, 1.807) is 25.1 Å². The number of halogens is 1. The van der Waals surface area contributed by atoms with Crippen molar-refractivity contribution in [3.05, 3.63) is 47.1 Å². The highest BCUT2D eigenvalue weighted by Gasteiger charge is 2.09. The summed E-state index contributed by atoms with van der Waals surface area (Å²) in [7, 11) is 0. The van der Waals surface area contributed by atoms with Gasteiger partial charge in [-0.25, -0.2) is 5.48 Å². The zero-order valence-electron chi connectivity index (χ0n) is 10.7. The van der Waals surface area contributed by atoms with E-state index >= 15 is 0 Å². The predicted octanol–water partition coefficient (Wildman–Crippen LogP) is 2.96. The van der Waals surface area contributed by atoms with Gasteiger partial charge in [0.25, 0.3) is 5.91 Å². The minimum absolute atomic E-state index is 0.196. The standard InChI is InChI=1S/C13H12ClN3O2S/c1-2-19-17-13(18)10-7-8-12(16-15-10)20-11-6-4-3-5-9(11)14/h3-8H,2H2,1H3,(H,17,18). The second-order valence-corrected chi connectivity index (χ2v) is 5.12. The number of benzene rings is 1. The Morgan fingerprint density at radius 3 is 2.75 bits per heavy atom. The maximum absolute atomic E-state index is 11.6. The Morgan fingerprint density at radius 1 is 1.30 bits per heavy atom. The molecule has 0 aliphatic rings. The number of amides is 1. The van der Waals surface area contributed by atoms with Crippen LogP contribution in [0.2, 0.25) is 5.02 Å². The molecule has 1 N–H and O–H groups in total. The van der Waals surface area contributed by atoms with Crippen molar-refractivity contribution in [2.75, 3.05) is 6.61 Å². The van der Waals surface area contributed by atoms with Gasteiger partial charge in [0, 0.05) is 4.90 Å². The molecule has 7 heteroatoms. The highest BCUT2D eigenvalue weighted by atomic mass is 35.5. The van der Waals surface area contributed by atoms with Gasteiger partial charge < -0.3 is 0 Å². The molecule has 0 bridgehead atoms. The lowest BCUT2D eigenvalue weighted by molar-refractivity contribution is 0.0359. The van der Waals surface area contributed by atoms with Crippen LogP contribution >= 0.6 is 23.4 Å². The zero-order valence-corrected chi connectivity index (χ0v) is 12.2. The van der Waals surface area contributed by atoms with Gasteiger partial charge in [0.05, 0.1) is 11.6 Å². The molecule has 0 aliphatic carbocycles. The van der Waals surface area contributed by atoms with Gasteiger partial charge in [-0.05, 0) is 31.2 Å². The lowest BCUT2D eigenvalue weighted by Crippen LogP contribution is -2.24. The predicted molar refractivity (Wildman–Crippen MR) is 76.7 cm³/mol.